The number of aldehydes is 1. The summed E-state index contributed by atoms with van der Waals surface area (Å²) in [4.78, 5) is 8.81. The van der Waals surface area contributed by atoms with Crippen LogP contribution in [0.2, 0.25) is 0 Å². The summed E-state index contributed by atoms with van der Waals surface area (Å²) in [5.41, 5.74) is 13.2. The Hall–Kier alpha value is -1.97. The molecule has 0 bridgehead atoms. The van der Waals surface area contributed by atoms with Gasteiger partial charge in [0.2, 0.25) is 0 Å². The van der Waals surface area contributed by atoms with Crippen molar-refractivity contribution in [2.45, 2.75) is 12.6 Å². The Morgan fingerprint density at radius 1 is 0.833 bits per heavy atom. The molecule has 0 radical (unpaired) electrons. The van der Waals surface area contributed by atoms with Crippen molar-refractivity contribution in [1.82, 2.24) is 0 Å². The largest absolute Gasteiger partial charge is 0.306 e. The van der Waals surface area contributed by atoms with Gasteiger partial charge in [-0.25, -0.2) is 0 Å². The molecule has 0 saturated heterocycles. The van der Waals surface area contributed by atoms with Gasteiger partial charge >= 0.3 is 0 Å². The molecule has 18 heavy (non-hydrogen) atoms. The first-order chi connectivity index (χ1) is 8.62. The predicted octanol–water partition coefficient (Wildman–Crippen LogP) is 2.01. The van der Waals surface area contributed by atoms with E-state index in [0.717, 1.165) is 17.4 Å². The van der Waals surface area contributed by atoms with E-state index in [1.54, 1.807) is 0 Å². The van der Waals surface area contributed by atoms with Gasteiger partial charge < -0.3 is 16.3 Å². The number of hydrogen-bond donors (Lipinski definition) is 2. The molecule has 0 aromatic heterocycles. The standard InChI is InChI=1S/C13H14N2.C2H4O/c14-13(15,11-7-3-1-4-8-11)12-9-5-2-6-10-12;1-2-3/h1-10H,14-15H2;2H,1H3. The molecule has 0 amide bonds. The molecule has 0 aliphatic carbocycles. The monoisotopic (exact) mass is 242 g/mol. The van der Waals surface area contributed by atoms with E-state index < -0.39 is 5.66 Å². The van der Waals surface area contributed by atoms with Gasteiger partial charge in [-0.05, 0) is 18.1 Å². The molecule has 2 aromatic carbocycles. The van der Waals surface area contributed by atoms with Crippen molar-refractivity contribution < 1.29 is 4.79 Å². The molecule has 3 heteroatoms. The maximum atomic E-state index is 8.81. The molecule has 0 aliphatic heterocycles. The number of carbonyl (C=O) groups is 1. The molecule has 0 heterocycles. The fourth-order valence-electron chi connectivity index (χ4n) is 1.59. The minimum Gasteiger partial charge on any atom is -0.306 e. The quantitative estimate of drug-likeness (QED) is 0.625. The molecule has 0 atom stereocenters. The molecular weight excluding hydrogens is 224 g/mol. The Morgan fingerprint density at radius 2 is 1.11 bits per heavy atom. The number of nitrogens with two attached hydrogens (primary N) is 2. The van der Waals surface area contributed by atoms with Gasteiger partial charge in [0, 0.05) is 0 Å². The minimum absolute atomic E-state index is 0.750. The van der Waals surface area contributed by atoms with E-state index >= 15 is 0 Å². The Labute approximate surface area is 107 Å². The van der Waals surface area contributed by atoms with Gasteiger partial charge in [0.05, 0.1) is 0 Å². The van der Waals surface area contributed by atoms with Crippen LogP contribution in [0.4, 0.5) is 0 Å². The van der Waals surface area contributed by atoms with Gasteiger partial charge in [-0.3, -0.25) is 0 Å². The van der Waals surface area contributed by atoms with Gasteiger partial charge in [-0.1, -0.05) is 60.7 Å². The summed E-state index contributed by atoms with van der Waals surface area (Å²) in [6, 6.07) is 19.4. The van der Waals surface area contributed by atoms with E-state index in [-0.39, 0.29) is 0 Å². The molecule has 0 fully saturated rings. The van der Waals surface area contributed by atoms with Crippen LogP contribution in [-0.2, 0) is 10.5 Å². The molecular formula is C15H18N2O. The van der Waals surface area contributed by atoms with Crippen LogP contribution in [0.5, 0.6) is 0 Å². The Kier molecular flexibility index (Phi) is 5.24. The summed E-state index contributed by atoms with van der Waals surface area (Å²) >= 11 is 0. The molecule has 2 aromatic rings. The molecule has 0 aliphatic rings. The fourth-order valence-corrected chi connectivity index (χ4v) is 1.59. The first-order valence-corrected chi connectivity index (χ1v) is 5.71. The van der Waals surface area contributed by atoms with Crippen LogP contribution in [0.1, 0.15) is 18.1 Å². The van der Waals surface area contributed by atoms with Crippen LogP contribution < -0.4 is 11.5 Å². The predicted molar refractivity (Wildman–Crippen MR) is 73.8 cm³/mol. The van der Waals surface area contributed by atoms with E-state index in [9.17, 15) is 0 Å². The zero-order chi connectivity index (χ0) is 13.4. The number of carbonyl (C=O) groups excluding carboxylic acids is 1. The molecule has 0 saturated carbocycles. The lowest BCUT2D eigenvalue weighted by atomic mass is 9.93. The van der Waals surface area contributed by atoms with Gasteiger partial charge in [-0.15, -0.1) is 0 Å². The van der Waals surface area contributed by atoms with Crippen molar-refractivity contribution in [3.05, 3.63) is 71.8 Å². The van der Waals surface area contributed by atoms with Crippen molar-refractivity contribution in [1.29, 1.82) is 0 Å². The Balaban J connectivity index is 0.000000492. The summed E-state index contributed by atoms with van der Waals surface area (Å²) in [6.45, 7) is 1.44. The van der Waals surface area contributed by atoms with Crippen LogP contribution >= 0.6 is 0 Å². The third kappa shape index (κ3) is 3.52. The second-order valence-corrected chi connectivity index (χ2v) is 3.84. The molecule has 2 rings (SSSR count). The lowest BCUT2D eigenvalue weighted by Crippen LogP contribution is -2.46. The summed E-state index contributed by atoms with van der Waals surface area (Å²) < 4.78 is 0. The molecule has 94 valence electrons. The van der Waals surface area contributed by atoms with Gasteiger partial charge in [-0.2, -0.15) is 0 Å². The first-order valence-electron chi connectivity index (χ1n) is 5.71. The van der Waals surface area contributed by atoms with Crippen LogP contribution in [0.15, 0.2) is 60.7 Å². The smallest absolute Gasteiger partial charge is 0.116 e. The second kappa shape index (κ2) is 6.69. The van der Waals surface area contributed by atoms with E-state index in [0.29, 0.717) is 0 Å². The van der Waals surface area contributed by atoms with E-state index in [4.69, 9.17) is 16.3 Å². The zero-order valence-corrected chi connectivity index (χ0v) is 10.4. The molecule has 4 N–H and O–H groups in total. The third-order valence-electron chi connectivity index (χ3n) is 2.50. The second-order valence-electron chi connectivity index (χ2n) is 3.84. The van der Waals surface area contributed by atoms with Crippen molar-refractivity contribution in [3.63, 3.8) is 0 Å². The van der Waals surface area contributed by atoms with Crippen molar-refractivity contribution in [2.75, 3.05) is 0 Å². The normalized spacial score (nSPS) is 10.2. The average Bonchev–Trinajstić information content (AvgIpc) is 2.42. The third-order valence-corrected chi connectivity index (χ3v) is 2.50. The van der Waals surface area contributed by atoms with Gasteiger partial charge in [0.15, 0.2) is 0 Å². The van der Waals surface area contributed by atoms with Gasteiger partial charge in [0.1, 0.15) is 11.9 Å². The van der Waals surface area contributed by atoms with Crippen molar-refractivity contribution in [2.24, 2.45) is 11.5 Å². The summed E-state index contributed by atoms with van der Waals surface area (Å²) in [6.07, 6.45) is 0.750. The summed E-state index contributed by atoms with van der Waals surface area (Å²) in [5.74, 6) is 0. The maximum absolute atomic E-state index is 8.81. The fraction of sp³-hybridized carbons (Fsp3) is 0.133. The van der Waals surface area contributed by atoms with Crippen LogP contribution in [0.25, 0.3) is 0 Å². The average molecular weight is 242 g/mol. The van der Waals surface area contributed by atoms with E-state index in [1.165, 1.54) is 6.92 Å². The van der Waals surface area contributed by atoms with Gasteiger partial charge in [0.25, 0.3) is 0 Å². The first kappa shape index (κ1) is 14.1. The lowest BCUT2D eigenvalue weighted by Gasteiger charge is -2.25. The van der Waals surface area contributed by atoms with Crippen molar-refractivity contribution >= 4 is 6.29 Å². The number of benzene rings is 2. The summed E-state index contributed by atoms with van der Waals surface area (Å²) in [5, 5.41) is 0. The number of hydrogen-bond acceptors (Lipinski definition) is 3. The highest BCUT2D eigenvalue weighted by Crippen LogP contribution is 2.20. The molecule has 3 nitrogen and oxygen atoms in total. The topological polar surface area (TPSA) is 69.1 Å². The highest BCUT2D eigenvalue weighted by molar-refractivity contribution is 5.44. The lowest BCUT2D eigenvalue weighted by molar-refractivity contribution is -0.106. The maximum Gasteiger partial charge on any atom is 0.116 e. The number of rotatable bonds is 2. The van der Waals surface area contributed by atoms with Crippen molar-refractivity contribution in [3.8, 4) is 0 Å². The van der Waals surface area contributed by atoms with Crippen LogP contribution in [0, 0.1) is 0 Å². The molecule has 0 unspecified atom stereocenters. The Morgan fingerprint density at radius 3 is 1.39 bits per heavy atom. The molecule has 0 spiro atoms. The Bertz CT molecular complexity index is 425. The van der Waals surface area contributed by atoms with Crippen LogP contribution in [0.3, 0.4) is 0 Å². The highest BCUT2D eigenvalue weighted by Gasteiger charge is 2.23. The summed E-state index contributed by atoms with van der Waals surface area (Å²) in [7, 11) is 0. The van der Waals surface area contributed by atoms with E-state index in [2.05, 4.69) is 0 Å². The highest BCUT2D eigenvalue weighted by atomic mass is 16.1. The van der Waals surface area contributed by atoms with E-state index in [1.807, 2.05) is 60.7 Å². The minimum atomic E-state index is -0.914. The van der Waals surface area contributed by atoms with Crippen LogP contribution in [-0.4, -0.2) is 6.29 Å². The zero-order valence-electron chi connectivity index (χ0n) is 10.4. The SMILES string of the molecule is CC=O.NC(N)(c1ccccc1)c1ccccc1.